The minimum absolute atomic E-state index is 0.137. The van der Waals surface area contributed by atoms with Gasteiger partial charge in [0.1, 0.15) is 5.82 Å². The number of nitrogens with one attached hydrogen (secondary N) is 1. The molecule has 5 heteroatoms. The van der Waals surface area contributed by atoms with Gasteiger partial charge >= 0.3 is 0 Å². The molecule has 0 bridgehead atoms. The molecule has 0 unspecified atom stereocenters. The lowest BCUT2D eigenvalue weighted by atomic mass is 9.90. The molecular weight excluding hydrogens is 323 g/mol. The summed E-state index contributed by atoms with van der Waals surface area (Å²) in [6.07, 6.45) is 4.03. The summed E-state index contributed by atoms with van der Waals surface area (Å²) in [5, 5.41) is 3.27. The van der Waals surface area contributed by atoms with Crippen molar-refractivity contribution in [1.82, 2.24) is 10.2 Å². The molecule has 0 atom stereocenters. The molecule has 0 heterocycles. The van der Waals surface area contributed by atoms with Crippen molar-refractivity contribution < 1.29 is 9.18 Å². The summed E-state index contributed by atoms with van der Waals surface area (Å²) < 4.78 is 14.5. The molecule has 3 nitrogen and oxygen atoms in total. The van der Waals surface area contributed by atoms with Gasteiger partial charge in [-0.05, 0) is 50.9 Å². The molecular formula is C15H20BrFN2O. The Morgan fingerprint density at radius 1 is 1.35 bits per heavy atom. The Labute approximate surface area is 127 Å². The van der Waals surface area contributed by atoms with Crippen molar-refractivity contribution in [3.05, 3.63) is 34.1 Å². The summed E-state index contributed by atoms with van der Waals surface area (Å²) in [5.74, 6) is -0.703. The molecule has 0 radical (unpaired) electrons. The van der Waals surface area contributed by atoms with Crippen molar-refractivity contribution in [2.24, 2.45) is 0 Å². The number of carbonyl (C=O) groups excluding carboxylic acids is 1. The van der Waals surface area contributed by atoms with E-state index in [0.29, 0.717) is 6.04 Å². The maximum Gasteiger partial charge on any atom is 0.256 e. The zero-order valence-corrected chi connectivity index (χ0v) is 13.4. The fourth-order valence-corrected chi connectivity index (χ4v) is 3.13. The van der Waals surface area contributed by atoms with Crippen LogP contribution >= 0.6 is 15.9 Å². The predicted molar refractivity (Wildman–Crippen MR) is 81.3 cm³/mol. The van der Waals surface area contributed by atoms with E-state index >= 15 is 0 Å². The quantitative estimate of drug-likeness (QED) is 0.914. The van der Waals surface area contributed by atoms with Crippen molar-refractivity contribution in [2.45, 2.75) is 37.8 Å². The molecule has 1 fully saturated rings. The van der Waals surface area contributed by atoms with E-state index in [9.17, 15) is 9.18 Å². The van der Waals surface area contributed by atoms with E-state index < -0.39 is 5.82 Å². The van der Waals surface area contributed by atoms with Crippen LogP contribution in [0.1, 0.15) is 36.0 Å². The highest BCUT2D eigenvalue weighted by Crippen LogP contribution is 2.24. The van der Waals surface area contributed by atoms with E-state index in [2.05, 4.69) is 21.2 Å². The predicted octanol–water partition coefficient (Wildman–Crippen LogP) is 3.19. The monoisotopic (exact) mass is 342 g/mol. The first-order chi connectivity index (χ1) is 9.52. The lowest BCUT2D eigenvalue weighted by Crippen LogP contribution is -2.42. The zero-order chi connectivity index (χ0) is 14.7. The first kappa shape index (κ1) is 15.4. The summed E-state index contributed by atoms with van der Waals surface area (Å²) in [6.45, 7) is 0. The normalized spacial score (nSPS) is 22.6. The van der Waals surface area contributed by atoms with Gasteiger partial charge in [-0.15, -0.1) is 0 Å². The van der Waals surface area contributed by atoms with Gasteiger partial charge in [-0.3, -0.25) is 4.79 Å². The molecule has 1 aliphatic rings. The van der Waals surface area contributed by atoms with Crippen LogP contribution in [0.3, 0.4) is 0 Å². The Hall–Kier alpha value is -0.940. The van der Waals surface area contributed by atoms with Crippen molar-refractivity contribution in [3.8, 4) is 0 Å². The molecule has 0 aliphatic heterocycles. The number of hydrogen-bond acceptors (Lipinski definition) is 2. The molecule has 1 aromatic carbocycles. The van der Waals surface area contributed by atoms with E-state index in [1.807, 2.05) is 7.05 Å². The summed E-state index contributed by atoms with van der Waals surface area (Å²) >= 11 is 3.28. The number of halogens is 2. The first-order valence-corrected chi connectivity index (χ1v) is 7.71. The molecule has 1 aromatic rings. The third-order valence-corrected chi connectivity index (χ3v) is 4.63. The molecule has 2 rings (SSSR count). The molecule has 0 saturated heterocycles. The topological polar surface area (TPSA) is 32.3 Å². The highest BCUT2D eigenvalue weighted by molar-refractivity contribution is 9.10. The minimum Gasteiger partial charge on any atom is -0.339 e. The number of amides is 1. The van der Waals surface area contributed by atoms with Crippen molar-refractivity contribution in [1.29, 1.82) is 0 Å². The van der Waals surface area contributed by atoms with Crippen LogP contribution in [-0.4, -0.2) is 37.0 Å². The van der Waals surface area contributed by atoms with Gasteiger partial charge in [0.25, 0.3) is 5.91 Å². The first-order valence-electron chi connectivity index (χ1n) is 6.92. The van der Waals surface area contributed by atoms with Gasteiger partial charge in [-0.1, -0.05) is 15.9 Å². The third kappa shape index (κ3) is 3.38. The smallest absolute Gasteiger partial charge is 0.256 e. The Balaban J connectivity index is 2.07. The van der Waals surface area contributed by atoms with Crippen molar-refractivity contribution >= 4 is 21.8 Å². The largest absolute Gasteiger partial charge is 0.339 e. The van der Waals surface area contributed by atoms with Gasteiger partial charge in [-0.25, -0.2) is 4.39 Å². The second-order valence-electron chi connectivity index (χ2n) is 5.33. The van der Waals surface area contributed by atoms with Crippen LogP contribution in [0.15, 0.2) is 22.7 Å². The maximum atomic E-state index is 13.8. The molecule has 1 amide bonds. The minimum atomic E-state index is -0.464. The Kier molecular flexibility index (Phi) is 5.16. The van der Waals surface area contributed by atoms with Crippen LogP contribution in [-0.2, 0) is 0 Å². The van der Waals surface area contributed by atoms with Gasteiger partial charge in [0, 0.05) is 23.6 Å². The third-order valence-electron chi connectivity index (χ3n) is 4.13. The van der Waals surface area contributed by atoms with E-state index in [1.165, 1.54) is 6.07 Å². The zero-order valence-electron chi connectivity index (χ0n) is 11.8. The maximum absolute atomic E-state index is 13.8. The van der Waals surface area contributed by atoms with Gasteiger partial charge in [0.05, 0.1) is 5.56 Å². The second-order valence-corrected chi connectivity index (χ2v) is 6.25. The number of nitrogens with zero attached hydrogens (tertiary/aromatic N) is 1. The molecule has 1 N–H and O–H groups in total. The molecule has 110 valence electrons. The summed E-state index contributed by atoms with van der Waals surface area (Å²) in [5.41, 5.74) is 0.137. The highest BCUT2D eigenvalue weighted by atomic mass is 79.9. The number of rotatable bonds is 3. The van der Waals surface area contributed by atoms with Crippen LogP contribution in [0.4, 0.5) is 4.39 Å². The van der Waals surface area contributed by atoms with Crippen LogP contribution in [0.2, 0.25) is 0 Å². The number of benzene rings is 1. The molecule has 0 spiro atoms. The second kappa shape index (κ2) is 6.68. The van der Waals surface area contributed by atoms with E-state index in [0.717, 1.165) is 30.2 Å². The van der Waals surface area contributed by atoms with Crippen LogP contribution in [0.5, 0.6) is 0 Å². The van der Waals surface area contributed by atoms with Crippen molar-refractivity contribution in [2.75, 3.05) is 14.1 Å². The van der Waals surface area contributed by atoms with Gasteiger partial charge in [0.15, 0.2) is 0 Å². The van der Waals surface area contributed by atoms with E-state index in [1.54, 1.807) is 24.1 Å². The lowest BCUT2D eigenvalue weighted by Gasteiger charge is -2.34. The average molecular weight is 343 g/mol. The standard InChI is InChI=1S/C15H20BrFN2O/c1-18-11-4-6-12(7-5-11)19(2)15(20)13-9-10(16)3-8-14(13)17/h3,8-9,11-12,18H,4-7H2,1-2H3. The molecule has 0 aromatic heterocycles. The van der Waals surface area contributed by atoms with Crippen LogP contribution < -0.4 is 5.32 Å². The average Bonchev–Trinajstić information content (AvgIpc) is 2.48. The summed E-state index contributed by atoms with van der Waals surface area (Å²) in [6, 6.07) is 5.21. The highest BCUT2D eigenvalue weighted by Gasteiger charge is 2.27. The Morgan fingerprint density at radius 2 is 2.00 bits per heavy atom. The van der Waals surface area contributed by atoms with Gasteiger partial charge in [0.2, 0.25) is 0 Å². The molecule has 1 saturated carbocycles. The van der Waals surface area contributed by atoms with Gasteiger partial charge in [-0.2, -0.15) is 0 Å². The number of hydrogen-bond donors (Lipinski definition) is 1. The van der Waals surface area contributed by atoms with Crippen LogP contribution in [0, 0.1) is 5.82 Å². The van der Waals surface area contributed by atoms with E-state index in [-0.39, 0.29) is 17.5 Å². The SMILES string of the molecule is CNC1CCC(N(C)C(=O)c2cc(Br)ccc2F)CC1. The molecule has 20 heavy (non-hydrogen) atoms. The Bertz CT molecular complexity index is 487. The summed E-state index contributed by atoms with van der Waals surface area (Å²) in [4.78, 5) is 14.1. The Morgan fingerprint density at radius 3 is 2.60 bits per heavy atom. The lowest BCUT2D eigenvalue weighted by molar-refractivity contribution is 0.0681. The van der Waals surface area contributed by atoms with Gasteiger partial charge < -0.3 is 10.2 Å². The number of carbonyl (C=O) groups is 1. The fourth-order valence-electron chi connectivity index (χ4n) is 2.77. The molecule has 1 aliphatic carbocycles. The summed E-state index contributed by atoms with van der Waals surface area (Å²) in [7, 11) is 3.74. The van der Waals surface area contributed by atoms with Crippen molar-refractivity contribution in [3.63, 3.8) is 0 Å². The van der Waals surface area contributed by atoms with Crippen LogP contribution in [0.25, 0.3) is 0 Å². The fraction of sp³-hybridized carbons (Fsp3) is 0.533. The van der Waals surface area contributed by atoms with E-state index in [4.69, 9.17) is 0 Å².